The quantitative estimate of drug-likeness (QED) is 0.632. The van der Waals surface area contributed by atoms with Gasteiger partial charge in [0.15, 0.2) is 0 Å². The van der Waals surface area contributed by atoms with E-state index in [1.54, 1.807) is 11.5 Å². The first-order chi connectivity index (χ1) is 5.58. The average molecular weight is 197 g/mol. The zero-order valence-electron chi connectivity index (χ0n) is 7.42. The van der Waals surface area contributed by atoms with E-state index in [-0.39, 0.29) is 4.75 Å². The highest BCUT2D eigenvalue weighted by Gasteiger charge is 2.24. The largest absolute Gasteiger partial charge is 0.185 e. The Kier molecular flexibility index (Phi) is 1.81. The summed E-state index contributed by atoms with van der Waals surface area (Å²) in [5.74, 6) is 0. The first-order valence-electron chi connectivity index (χ1n) is 3.93. The van der Waals surface area contributed by atoms with Gasteiger partial charge in [-0.15, -0.1) is 0 Å². The lowest BCUT2D eigenvalue weighted by Gasteiger charge is -2.22. The van der Waals surface area contributed by atoms with E-state index in [1.807, 2.05) is 11.8 Å². The lowest BCUT2D eigenvalue weighted by Crippen LogP contribution is -2.12. The summed E-state index contributed by atoms with van der Waals surface area (Å²) in [6.07, 6.45) is 4.45. The SMILES string of the molecule is Cc1snc2c1C=CC(C)(C)S2. The van der Waals surface area contributed by atoms with Gasteiger partial charge >= 0.3 is 0 Å². The molecule has 1 aliphatic heterocycles. The van der Waals surface area contributed by atoms with Crippen molar-refractivity contribution in [1.29, 1.82) is 0 Å². The molecule has 12 heavy (non-hydrogen) atoms. The third-order valence-electron chi connectivity index (χ3n) is 1.89. The Hall–Kier alpha value is -0.280. The van der Waals surface area contributed by atoms with Crippen LogP contribution in [-0.4, -0.2) is 9.12 Å². The highest BCUT2D eigenvalue weighted by atomic mass is 32.2. The molecule has 0 saturated heterocycles. The van der Waals surface area contributed by atoms with Crippen LogP contribution >= 0.6 is 23.3 Å². The van der Waals surface area contributed by atoms with Gasteiger partial charge in [-0.1, -0.05) is 23.9 Å². The van der Waals surface area contributed by atoms with Gasteiger partial charge in [0.1, 0.15) is 5.03 Å². The highest BCUT2D eigenvalue weighted by molar-refractivity contribution is 8.00. The fourth-order valence-corrected chi connectivity index (χ4v) is 3.06. The van der Waals surface area contributed by atoms with E-state index in [0.29, 0.717) is 0 Å². The first-order valence-corrected chi connectivity index (χ1v) is 5.52. The third-order valence-corrected chi connectivity index (χ3v) is 3.94. The second-order valence-electron chi connectivity index (χ2n) is 3.50. The minimum atomic E-state index is 0.216. The van der Waals surface area contributed by atoms with Crippen molar-refractivity contribution in [3.05, 3.63) is 16.5 Å². The van der Waals surface area contributed by atoms with Crippen molar-refractivity contribution < 1.29 is 0 Å². The van der Waals surface area contributed by atoms with Crippen LogP contribution in [0.2, 0.25) is 0 Å². The molecule has 0 unspecified atom stereocenters. The van der Waals surface area contributed by atoms with Gasteiger partial charge in [-0.3, -0.25) is 0 Å². The van der Waals surface area contributed by atoms with Crippen LogP contribution in [0, 0.1) is 6.92 Å². The number of rotatable bonds is 0. The summed E-state index contributed by atoms with van der Waals surface area (Å²) in [5.41, 5.74) is 1.32. The summed E-state index contributed by atoms with van der Waals surface area (Å²) in [4.78, 5) is 1.32. The molecule has 0 spiro atoms. The maximum atomic E-state index is 4.41. The maximum Gasteiger partial charge on any atom is 0.118 e. The van der Waals surface area contributed by atoms with E-state index < -0.39 is 0 Å². The molecule has 0 radical (unpaired) electrons. The Labute approximate surface area is 81.0 Å². The van der Waals surface area contributed by atoms with E-state index in [0.717, 1.165) is 0 Å². The summed E-state index contributed by atoms with van der Waals surface area (Å²) in [7, 11) is 0. The Balaban J connectivity index is 2.48. The summed E-state index contributed by atoms with van der Waals surface area (Å²) in [5, 5.41) is 1.20. The molecule has 0 saturated carbocycles. The molecule has 0 aliphatic carbocycles. The molecule has 0 fully saturated rings. The zero-order valence-corrected chi connectivity index (χ0v) is 9.05. The van der Waals surface area contributed by atoms with Gasteiger partial charge in [0.25, 0.3) is 0 Å². The van der Waals surface area contributed by atoms with Crippen LogP contribution in [0.5, 0.6) is 0 Å². The van der Waals surface area contributed by atoms with Crippen LogP contribution < -0.4 is 0 Å². The number of thioether (sulfide) groups is 1. The summed E-state index contributed by atoms with van der Waals surface area (Å²) in [6, 6.07) is 0. The van der Waals surface area contributed by atoms with Crippen LogP contribution in [0.25, 0.3) is 6.08 Å². The Morgan fingerprint density at radius 1 is 1.42 bits per heavy atom. The molecule has 0 amide bonds. The predicted octanol–water partition coefficient (Wildman–Crippen LogP) is 3.35. The van der Waals surface area contributed by atoms with Gasteiger partial charge in [0.05, 0.1) is 0 Å². The number of hydrogen-bond acceptors (Lipinski definition) is 3. The molecule has 2 heterocycles. The highest BCUT2D eigenvalue weighted by Crippen LogP contribution is 2.41. The molecule has 1 aromatic heterocycles. The molecule has 0 bridgehead atoms. The zero-order chi connectivity index (χ0) is 8.77. The van der Waals surface area contributed by atoms with Crippen molar-refractivity contribution in [2.45, 2.75) is 30.5 Å². The van der Waals surface area contributed by atoms with E-state index in [1.165, 1.54) is 15.5 Å². The van der Waals surface area contributed by atoms with Crippen molar-refractivity contribution in [3.8, 4) is 0 Å². The number of hydrogen-bond donors (Lipinski definition) is 0. The molecule has 1 nitrogen and oxygen atoms in total. The van der Waals surface area contributed by atoms with Gasteiger partial charge in [0.2, 0.25) is 0 Å². The van der Waals surface area contributed by atoms with E-state index in [2.05, 4.69) is 37.3 Å². The average Bonchev–Trinajstić information content (AvgIpc) is 2.30. The third kappa shape index (κ3) is 1.31. The lowest BCUT2D eigenvalue weighted by atomic mass is 10.1. The van der Waals surface area contributed by atoms with Gasteiger partial charge in [-0.05, 0) is 32.3 Å². The first kappa shape index (κ1) is 8.32. The van der Waals surface area contributed by atoms with Crippen molar-refractivity contribution >= 4 is 29.4 Å². The van der Waals surface area contributed by atoms with Crippen LogP contribution in [0.3, 0.4) is 0 Å². The lowest BCUT2D eigenvalue weighted by molar-refractivity contribution is 0.891. The van der Waals surface area contributed by atoms with E-state index in [4.69, 9.17) is 0 Å². The minimum Gasteiger partial charge on any atom is -0.185 e. The normalized spacial score (nSPS) is 19.2. The summed E-state index contributed by atoms with van der Waals surface area (Å²) < 4.78 is 4.62. The van der Waals surface area contributed by atoms with Crippen molar-refractivity contribution in [1.82, 2.24) is 4.37 Å². The minimum absolute atomic E-state index is 0.216. The van der Waals surface area contributed by atoms with Crippen LogP contribution in [0.15, 0.2) is 11.1 Å². The molecule has 2 rings (SSSR count). The van der Waals surface area contributed by atoms with Crippen molar-refractivity contribution in [2.75, 3.05) is 0 Å². The van der Waals surface area contributed by atoms with Crippen LogP contribution in [-0.2, 0) is 0 Å². The van der Waals surface area contributed by atoms with Gasteiger partial charge in [-0.2, -0.15) is 4.37 Å². The molecular formula is C9H11NS2. The van der Waals surface area contributed by atoms with Gasteiger partial charge in [-0.25, -0.2) is 0 Å². The van der Waals surface area contributed by atoms with Gasteiger partial charge in [0, 0.05) is 15.2 Å². The smallest absolute Gasteiger partial charge is 0.118 e. The molecule has 0 N–H and O–H groups in total. The molecule has 0 aromatic carbocycles. The second kappa shape index (κ2) is 2.60. The maximum absolute atomic E-state index is 4.41. The molecule has 3 heteroatoms. The molecule has 1 aromatic rings. The van der Waals surface area contributed by atoms with Crippen molar-refractivity contribution in [3.63, 3.8) is 0 Å². The van der Waals surface area contributed by atoms with Crippen LogP contribution in [0.4, 0.5) is 0 Å². The Morgan fingerprint density at radius 2 is 2.17 bits per heavy atom. The fourth-order valence-electron chi connectivity index (χ4n) is 1.19. The summed E-state index contributed by atoms with van der Waals surface area (Å²) >= 11 is 3.45. The standard InChI is InChI=1S/C9H11NS2/c1-6-7-4-5-9(2,3)11-8(7)10-12-6/h4-5H,1-3H3. The number of aromatic nitrogens is 1. The van der Waals surface area contributed by atoms with Crippen molar-refractivity contribution in [2.24, 2.45) is 0 Å². The summed E-state index contributed by atoms with van der Waals surface area (Å²) in [6.45, 7) is 6.55. The molecule has 1 aliphatic rings. The van der Waals surface area contributed by atoms with E-state index in [9.17, 15) is 0 Å². The molecule has 0 atom stereocenters. The fraction of sp³-hybridized carbons (Fsp3) is 0.444. The van der Waals surface area contributed by atoms with E-state index >= 15 is 0 Å². The number of fused-ring (bicyclic) bond motifs is 1. The number of nitrogens with zero attached hydrogens (tertiary/aromatic N) is 1. The van der Waals surface area contributed by atoms with Gasteiger partial charge < -0.3 is 0 Å². The second-order valence-corrected chi connectivity index (χ2v) is 6.12. The monoisotopic (exact) mass is 197 g/mol. The predicted molar refractivity (Wildman–Crippen MR) is 55.8 cm³/mol. The Morgan fingerprint density at radius 3 is 2.92 bits per heavy atom. The number of aryl methyl sites for hydroxylation is 1. The topological polar surface area (TPSA) is 12.9 Å². The van der Waals surface area contributed by atoms with Crippen LogP contribution in [0.1, 0.15) is 24.3 Å². The molecule has 64 valence electrons. The Bertz CT molecular complexity index is 336. The molecular weight excluding hydrogens is 186 g/mol.